The highest BCUT2D eigenvalue weighted by molar-refractivity contribution is 7.98. The molecule has 0 unspecified atom stereocenters. The molecule has 1 aliphatic heterocycles. The number of amides is 11. The summed E-state index contributed by atoms with van der Waals surface area (Å²) < 4.78 is 5.59. The number of hydrogen-bond acceptors (Lipinski definition) is 20. The number of rotatable bonds is 46. The lowest BCUT2D eigenvalue weighted by molar-refractivity contribution is -0.142. The van der Waals surface area contributed by atoms with E-state index in [2.05, 4.69) is 53.2 Å². The summed E-state index contributed by atoms with van der Waals surface area (Å²) in [5.41, 5.74) is 6.41. The second kappa shape index (κ2) is 42.9. The Bertz CT molecular complexity index is 2930. The van der Waals surface area contributed by atoms with Crippen LogP contribution in [0, 0.1) is 5.92 Å². The van der Waals surface area contributed by atoms with Crippen molar-refractivity contribution in [3.63, 3.8) is 0 Å². The number of carboxylic acid groups (broad SMARTS) is 5. The zero-order chi connectivity index (χ0) is 72.4. The van der Waals surface area contributed by atoms with E-state index in [1.165, 1.54) is 47.9 Å². The molecular weight excluding hydrogens is 1290 g/mol. The predicted octanol–water partition coefficient (Wildman–Crippen LogP) is -3.35. The van der Waals surface area contributed by atoms with Gasteiger partial charge in [-0.05, 0) is 89.9 Å². The number of nitrogens with zero attached hydrogens (tertiary/aromatic N) is 1. The van der Waals surface area contributed by atoms with Crippen LogP contribution in [0.3, 0.4) is 0 Å². The van der Waals surface area contributed by atoms with Gasteiger partial charge in [-0.2, -0.15) is 11.8 Å². The fraction of sp³-hybridized carbons (Fsp3) is 0.617. The third-order valence-electron chi connectivity index (χ3n) is 14.4. The summed E-state index contributed by atoms with van der Waals surface area (Å²) >= 11 is 1.33. The normalized spacial score (nSPS) is 15.1. The van der Waals surface area contributed by atoms with Crippen molar-refractivity contribution in [2.45, 2.75) is 185 Å². The van der Waals surface area contributed by atoms with Gasteiger partial charge in [0.25, 0.3) is 0 Å². The third kappa shape index (κ3) is 32.2. The summed E-state index contributed by atoms with van der Waals surface area (Å²) in [7, 11) is 0. The number of nitrogens with two attached hydrogens (primary N) is 1. The first-order valence-electron chi connectivity index (χ1n) is 30.9. The number of carboxylic acids is 5. The van der Waals surface area contributed by atoms with Crippen molar-refractivity contribution in [2.24, 2.45) is 11.7 Å². The van der Waals surface area contributed by atoms with Crippen LogP contribution in [0.2, 0.25) is 0 Å². The fourth-order valence-corrected chi connectivity index (χ4v) is 10.0. The van der Waals surface area contributed by atoms with Crippen molar-refractivity contribution >= 4 is 112 Å². The van der Waals surface area contributed by atoms with Crippen LogP contribution in [0.25, 0.3) is 0 Å². The molecule has 0 radical (unpaired) electrons. The minimum absolute atomic E-state index is 0.108. The molecule has 1 aromatic carbocycles. The summed E-state index contributed by atoms with van der Waals surface area (Å²) in [5, 5.41) is 71.4. The van der Waals surface area contributed by atoms with Crippen molar-refractivity contribution in [1.82, 2.24) is 58.1 Å². The van der Waals surface area contributed by atoms with Gasteiger partial charge in [-0.25, -0.2) is 0 Å². The summed E-state index contributed by atoms with van der Waals surface area (Å²) in [6, 6.07) is -7.91. The number of ketones is 1. The van der Waals surface area contributed by atoms with Gasteiger partial charge in [-0.3, -0.25) is 81.5 Å². The quantitative estimate of drug-likeness (QED) is 0.0224. The van der Waals surface area contributed by atoms with Crippen LogP contribution in [0.5, 0.6) is 0 Å². The SMILES string of the molecule is CSC[C@H](NC(=O)CNC(=O)[C@H](CC(C)C)NC(=O)[C@@H]1CCCN1C(=O)COCCNC(=O)[C@H](Cc1ccc(C(C)=O)cc1)NC(=O)[C@@H](CCC(=O)O)NC(=O)[C@@H](CCC(=O)O)NC(=O)[C@@H](CCC(=O)O)NC(=O)[C@@H](CCC(=O)O)NC(=O)[C@H](N)CCC(=O)O)C(=O)NC(C)C. The predicted molar refractivity (Wildman–Crippen MR) is 339 cm³/mol. The maximum absolute atomic E-state index is 14.2. The molecule has 9 atom stereocenters. The number of likely N-dealkylation sites (tertiary alicyclic amines) is 1. The van der Waals surface area contributed by atoms with E-state index in [0.717, 1.165) is 0 Å². The highest BCUT2D eigenvalue weighted by atomic mass is 32.2. The second-order valence-corrected chi connectivity index (χ2v) is 24.2. The lowest BCUT2D eigenvalue weighted by Gasteiger charge is -2.27. The first-order chi connectivity index (χ1) is 45.1. The van der Waals surface area contributed by atoms with E-state index in [4.69, 9.17) is 15.6 Å². The van der Waals surface area contributed by atoms with E-state index >= 15 is 0 Å². The molecule has 17 N–H and O–H groups in total. The van der Waals surface area contributed by atoms with Gasteiger partial charge < -0.3 is 94.1 Å². The molecule has 96 heavy (non-hydrogen) atoms. The summed E-state index contributed by atoms with van der Waals surface area (Å²) in [4.78, 5) is 220. The highest BCUT2D eigenvalue weighted by Crippen LogP contribution is 2.19. The van der Waals surface area contributed by atoms with E-state index in [1.54, 1.807) is 20.1 Å². The summed E-state index contributed by atoms with van der Waals surface area (Å²) in [6.45, 7) is 6.91. The molecule has 1 saturated heterocycles. The molecule has 35 nitrogen and oxygen atoms in total. The van der Waals surface area contributed by atoms with Crippen LogP contribution in [0.15, 0.2) is 24.3 Å². The van der Waals surface area contributed by atoms with Crippen molar-refractivity contribution in [3.8, 4) is 0 Å². The number of aliphatic carboxylic acids is 5. The van der Waals surface area contributed by atoms with E-state index in [0.29, 0.717) is 12.0 Å². The van der Waals surface area contributed by atoms with E-state index in [9.17, 15) is 102 Å². The average molecular weight is 1380 g/mol. The van der Waals surface area contributed by atoms with Gasteiger partial charge in [0.2, 0.25) is 65.0 Å². The third-order valence-corrected chi connectivity index (χ3v) is 15.1. The Hall–Kier alpha value is -9.32. The highest BCUT2D eigenvalue weighted by Gasteiger charge is 2.38. The molecule has 2 rings (SSSR count). The second-order valence-electron chi connectivity index (χ2n) is 23.3. The molecule has 0 bridgehead atoms. The van der Waals surface area contributed by atoms with Gasteiger partial charge in [0.15, 0.2) is 5.78 Å². The number of hydrogen-bond donors (Lipinski definition) is 16. The van der Waals surface area contributed by atoms with E-state index < -0.39 is 227 Å². The molecule has 11 amide bonds. The molecule has 1 heterocycles. The summed E-state index contributed by atoms with van der Waals surface area (Å²) in [5.74, 6) is -17.5. The molecule has 1 aliphatic rings. The topological polar surface area (TPSA) is 550 Å². The number of carbonyl (C=O) groups is 17. The molecule has 1 aromatic rings. The van der Waals surface area contributed by atoms with Crippen molar-refractivity contribution in [3.05, 3.63) is 35.4 Å². The number of nitrogens with one attached hydrogen (secondary N) is 10. The maximum Gasteiger partial charge on any atom is 0.303 e. The average Bonchev–Trinajstić information content (AvgIpc) is 1.58. The Morgan fingerprint density at radius 2 is 0.979 bits per heavy atom. The number of Topliss-reactive ketones (excluding diaryl/α,β-unsaturated/α-hetero) is 1. The van der Waals surface area contributed by atoms with Gasteiger partial charge >= 0.3 is 29.8 Å². The fourth-order valence-electron chi connectivity index (χ4n) is 9.44. The Morgan fingerprint density at radius 3 is 1.42 bits per heavy atom. The molecule has 534 valence electrons. The lowest BCUT2D eigenvalue weighted by Crippen LogP contribution is -2.59. The van der Waals surface area contributed by atoms with Crippen LogP contribution in [0.4, 0.5) is 0 Å². The molecule has 0 aromatic heterocycles. The van der Waals surface area contributed by atoms with Gasteiger partial charge in [-0.1, -0.05) is 38.1 Å². The first-order valence-corrected chi connectivity index (χ1v) is 32.3. The van der Waals surface area contributed by atoms with Crippen LogP contribution in [-0.2, 0) is 87.9 Å². The van der Waals surface area contributed by atoms with Crippen LogP contribution in [-0.4, -0.2) is 236 Å². The van der Waals surface area contributed by atoms with Crippen LogP contribution < -0.4 is 58.9 Å². The van der Waals surface area contributed by atoms with Gasteiger partial charge in [-0.15, -0.1) is 0 Å². The Kier molecular flexibility index (Phi) is 37.0. The Labute approximate surface area is 557 Å². The van der Waals surface area contributed by atoms with Crippen molar-refractivity contribution < 1.29 is 112 Å². The van der Waals surface area contributed by atoms with Crippen LogP contribution >= 0.6 is 11.8 Å². The monoisotopic (exact) mass is 1380 g/mol. The number of benzene rings is 1. The van der Waals surface area contributed by atoms with E-state index in [1.807, 2.05) is 13.8 Å². The van der Waals surface area contributed by atoms with E-state index in [-0.39, 0.29) is 68.0 Å². The summed E-state index contributed by atoms with van der Waals surface area (Å²) in [6.07, 6.45) is -4.77. The van der Waals surface area contributed by atoms with Crippen molar-refractivity contribution in [1.29, 1.82) is 0 Å². The number of ether oxygens (including phenoxy) is 1. The molecular formula is C60H90N12O23S. The first kappa shape index (κ1) is 82.8. The smallest absolute Gasteiger partial charge is 0.303 e. The molecule has 0 saturated carbocycles. The van der Waals surface area contributed by atoms with Gasteiger partial charge in [0, 0.05) is 69.0 Å². The van der Waals surface area contributed by atoms with Crippen molar-refractivity contribution in [2.75, 3.05) is 44.9 Å². The molecule has 0 aliphatic carbocycles. The molecule has 1 fully saturated rings. The Morgan fingerprint density at radius 1 is 0.542 bits per heavy atom. The lowest BCUT2D eigenvalue weighted by atomic mass is 10.0. The number of thioether (sulfide) groups is 1. The van der Waals surface area contributed by atoms with Crippen LogP contribution in [0.1, 0.15) is 134 Å². The molecule has 36 heteroatoms. The largest absolute Gasteiger partial charge is 0.481 e. The number of carbonyl (C=O) groups excluding carboxylic acids is 12. The maximum atomic E-state index is 14.2. The minimum atomic E-state index is -1.95. The van der Waals surface area contributed by atoms with Gasteiger partial charge in [0.05, 0.1) is 19.2 Å². The van der Waals surface area contributed by atoms with Gasteiger partial charge in [0.1, 0.15) is 54.9 Å². The minimum Gasteiger partial charge on any atom is -0.481 e. The standard InChI is InChI=1S/C60H90N12O23S/c1-31(2)26-41(54(88)63-28-45(74)65-43(30-96-6)59(93)64-32(3)4)71-60(94)44-8-7-24-72(44)46(75)29-95-25-23-62-53(87)42(27-34-9-11-35(12-10-34)33(5)73)70-58(92)40(17-22-51(84)85)69-57(91)39(16-21-50(82)83)68-56(90)38(15-20-49(80)81)67-55(89)37(14-19-48(78)79)66-52(86)36(61)13-18-47(76)77/h9-12,31-32,36-44H,7-8,13-30,61H2,1-6H3,(H,62,87)(H,63,88)(H,64,93)(H,65,74)(H,66,86)(H,67,89)(H,68,90)(H,69,91)(H,70,92)(H,71,94)(H,76,77)(H,78,79)(H,80,81)(H,82,83)(H,84,85)/t36-,37-,38-,39-,40-,41+,42+,43+,44+/m1/s1. The molecule has 0 spiro atoms. The zero-order valence-electron chi connectivity index (χ0n) is 54.3. The zero-order valence-corrected chi connectivity index (χ0v) is 55.1. The Balaban J connectivity index is 2.33.